The van der Waals surface area contributed by atoms with Gasteiger partial charge in [-0.05, 0) is 40.5 Å². The fourth-order valence-corrected chi connectivity index (χ4v) is 2.14. The van der Waals surface area contributed by atoms with Crippen LogP contribution in [0.3, 0.4) is 0 Å². The highest BCUT2D eigenvalue weighted by Gasteiger charge is 2.05. The summed E-state index contributed by atoms with van der Waals surface area (Å²) in [6.45, 7) is 2.08. The van der Waals surface area contributed by atoms with Gasteiger partial charge in [-0.25, -0.2) is 9.97 Å². The Balaban J connectivity index is 2.18. The van der Waals surface area contributed by atoms with Gasteiger partial charge in [-0.2, -0.15) is 0 Å². The summed E-state index contributed by atoms with van der Waals surface area (Å²) in [5, 5.41) is 0. The average Bonchev–Trinajstić information content (AvgIpc) is 2.72. The number of benzene rings is 1. The number of aryl methyl sites for hydroxylation is 1. The van der Waals surface area contributed by atoms with Crippen molar-refractivity contribution in [3.8, 4) is 11.3 Å². The lowest BCUT2D eigenvalue weighted by atomic mass is 10.1. The maximum atomic E-state index is 4.37. The van der Waals surface area contributed by atoms with Gasteiger partial charge in [0, 0.05) is 5.69 Å². The van der Waals surface area contributed by atoms with Crippen molar-refractivity contribution in [2.45, 2.75) is 6.92 Å². The summed E-state index contributed by atoms with van der Waals surface area (Å²) in [6.07, 6.45) is 1.69. The number of nitrogens with one attached hydrogen (secondary N) is 1. The molecule has 2 heterocycles. The Morgan fingerprint density at radius 3 is 2.94 bits per heavy atom. The Kier molecular flexibility index (Phi) is 2.44. The third kappa shape index (κ3) is 1.96. The van der Waals surface area contributed by atoms with E-state index in [4.69, 9.17) is 0 Å². The van der Waals surface area contributed by atoms with Gasteiger partial charge >= 0.3 is 0 Å². The van der Waals surface area contributed by atoms with Gasteiger partial charge in [0.05, 0.1) is 6.20 Å². The van der Waals surface area contributed by atoms with E-state index in [2.05, 4.69) is 56.0 Å². The maximum Gasteiger partial charge on any atom is 0.156 e. The van der Waals surface area contributed by atoms with Crippen LogP contribution in [-0.4, -0.2) is 15.0 Å². The molecule has 1 N–H and O–H groups in total. The van der Waals surface area contributed by atoms with Crippen LogP contribution < -0.4 is 0 Å². The quantitative estimate of drug-likeness (QED) is 0.742. The summed E-state index contributed by atoms with van der Waals surface area (Å²) in [5.74, 6) is 0. The van der Waals surface area contributed by atoms with Crippen molar-refractivity contribution >= 4 is 27.1 Å². The van der Waals surface area contributed by atoms with E-state index < -0.39 is 0 Å². The average molecular weight is 288 g/mol. The molecule has 0 fully saturated rings. The van der Waals surface area contributed by atoms with E-state index in [1.807, 2.05) is 12.1 Å². The summed E-state index contributed by atoms with van der Waals surface area (Å²) in [4.78, 5) is 11.9. The highest BCUT2D eigenvalue weighted by atomic mass is 79.9. The standard InChI is InChI=1S/C13H10BrN3/c1-8-3-2-4-9(5-8)10-6-11-13(17-10)15-7-12(14)16-11/h2-7H,1H3,(H,15,17). The molecule has 0 spiro atoms. The van der Waals surface area contributed by atoms with Crippen LogP contribution in [0.25, 0.3) is 22.4 Å². The Morgan fingerprint density at radius 1 is 1.24 bits per heavy atom. The third-order valence-corrected chi connectivity index (χ3v) is 3.02. The van der Waals surface area contributed by atoms with Crippen molar-refractivity contribution in [2.75, 3.05) is 0 Å². The molecule has 3 aromatic rings. The van der Waals surface area contributed by atoms with Crippen molar-refractivity contribution < 1.29 is 0 Å². The van der Waals surface area contributed by atoms with Gasteiger partial charge in [-0.15, -0.1) is 0 Å². The van der Waals surface area contributed by atoms with Crippen LogP contribution in [0.1, 0.15) is 5.56 Å². The molecule has 0 saturated carbocycles. The van der Waals surface area contributed by atoms with E-state index >= 15 is 0 Å². The first kappa shape index (κ1) is 10.5. The molecule has 4 heteroatoms. The fraction of sp³-hybridized carbons (Fsp3) is 0.0769. The first-order valence-corrected chi connectivity index (χ1v) is 6.10. The van der Waals surface area contributed by atoms with E-state index in [9.17, 15) is 0 Å². The van der Waals surface area contributed by atoms with Gasteiger partial charge in [0.15, 0.2) is 5.65 Å². The fourth-order valence-electron chi connectivity index (χ4n) is 1.85. The molecule has 0 atom stereocenters. The van der Waals surface area contributed by atoms with E-state index in [1.165, 1.54) is 5.56 Å². The van der Waals surface area contributed by atoms with E-state index in [0.29, 0.717) is 0 Å². The minimum atomic E-state index is 0.750. The van der Waals surface area contributed by atoms with Crippen LogP contribution in [0.2, 0.25) is 0 Å². The largest absolute Gasteiger partial charge is 0.338 e. The van der Waals surface area contributed by atoms with Crippen LogP contribution >= 0.6 is 15.9 Å². The third-order valence-electron chi connectivity index (χ3n) is 2.63. The predicted molar refractivity (Wildman–Crippen MR) is 71.8 cm³/mol. The molecule has 0 bridgehead atoms. The molecule has 2 aromatic heterocycles. The summed E-state index contributed by atoms with van der Waals surface area (Å²) in [7, 11) is 0. The van der Waals surface area contributed by atoms with Crippen molar-refractivity contribution in [3.05, 3.63) is 46.7 Å². The molecule has 0 saturated heterocycles. The molecule has 0 aliphatic carbocycles. The number of fused-ring (bicyclic) bond motifs is 1. The number of rotatable bonds is 1. The van der Waals surface area contributed by atoms with Crippen molar-refractivity contribution in [2.24, 2.45) is 0 Å². The molecular weight excluding hydrogens is 278 g/mol. The minimum absolute atomic E-state index is 0.750. The predicted octanol–water partition coefficient (Wildman–Crippen LogP) is 3.70. The zero-order valence-corrected chi connectivity index (χ0v) is 10.8. The SMILES string of the molecule is Cc1cccc(-c2cc3nc(Br)cnc3[nH]2)c1. The van der Waals surface area contributed by atoms with Crippen molar-refractivity contribution in [3.63, 3.8) is 0 Å². The highest BCUT2D eigenvalue weighted by Crippen LogP contribution is 2.23. The molecular formula is C13H10BrN3. The lowest BCUT2D eigenvalue weighted by molar-refractivity contribution is 1.23. The Bertz CT molecular complexity index is 688. The van der Waals surface area contributed by atoms with Gasteiger partial charge in [0.25, 0.3) is 0 Å². The summed E-state index contributed by atoms with van der Waals surface area (Å²) in [6, 6.07) is 10.4. The van der Waals surface area contributed by atoms with Crippen LogP contribution in [0.5, 0.6) is 0 Å². The topological polar surface area (TPSA) is 41.6 Å². The van der Waals surface area contributed by atoms with E-state index in [1.54, 1.807) is 6.20 Å². The maximum absolute atomic E-state index is 4.37. The summed E-state index contributed by atoms with van der Waals surface area (Å²) < 4.78 is 0.750. The second kappa shape index (κ2) is 3.96. The van der Waals surface area contributed by atoms with Crippen molar-refractivity contribution in [1.82, 2.24) is 15.0 Å². The Morgan fingerprint density at radius 2 is 2.12 bits per heavy atom. The molecule has 17 heavy (non-hydrogen) atoms. The highest BCUT2D eigenvalue weighted by molar-refractivity contribution is 9.10. The lowest BCUT2D eigenvalue weighted by Gasteiger charge is -1.98. The smallest absolute Gasteiger partial charge is 0.156 e. The van der Waals surface area contributed by atoms with Gasteiger partial charge < -0.3 is 4.98 Å². The van der Waals surface area contributed by atoms with Gasteiger partial charge in [0.1, 0.15) is 10.1 Å². The molecule has 3 nitrogen and oxygen atoms in total. The molecule has 3 rings (SSSR count). The Labute approximate surface area is 107 Å². The molecule has 0 unspecified atom stereocenters. The molecule has 84 valence electrons. The number of hydrogen-bond acceptors (Lipinski definition) is 2. The second-order valence-electron chi connectivity index (χ2n) is 3.98. The normalized spacial score (nSPS) is 10.9. The lowest BCUT2D eigenvalue weighted by Crippen LogP contribution is -1.80. The van der Waals surface area contributed by atoms with Crippen LogP contribution in [0.4, 0.5) is 0 Å². The molecule has 0 amide bonds. The van der Waals surface area contributed by atoms with E-state index in [0.717, 1.165) is 27.0 Å². The number of nitrogens with zero attached hydrogens (tertiary/aromatic N) is 2. The van der Waals surface area contributed by atoms with Gasteiger partial charge in [-0.3, -0.25) is 0 Å². The number of halogens is 1. The monoisotopic (exact) mass is 287 g/mol. The minimum Gasteiger partial charge on any atom is -0.338 e. The van der Waals surface area contributed by atoms with Crippen LogP contribution in [0.15, 0.2) is 41.1 Å². The van der Waals surface area contributed by atoms with Gasteiger partial charge in [0.2, 0.25) is 0 Å². The first-order chi connectivity index (χ1) is 8.22. The molecule has 0 radical (unpaired) electrons. The first-order valence-electron chi connectivity index (χ1n) is 5.31. The van der Waals surface area contributed by atoms with E-state index in [-0.39, 0.29) is 0 Å². The summed E-state index contributed by atoms with van der Waals surface area (Å²) >= 11 is 3.32. The molecule has 0 aliphatic rings. The number of hydrogen-bond donors (Lipinski definition) is 1. The van der Waals surface area contributed by atoms with Crippen LogP contribution in [0, 0.1) is 6.92 Å². The number of H-pyrrole nitrogens is 1. The second-order valence-corrected chi connectivity index (χ2v) is 4.79. The molecule has 1 aromatic carbocycles. The number of aromatic amines is 1. The zero-order chi connectivity index (χ0) is 11.8. The number of aromatic nitrogens is 3. The van der Waals surface area contributed by atoms with Crippen LogP contribution in [-0.2, 0) is 0 Å². The van der Waals surface area contributed by atoms with Crippen molar-refractivity contribution in [1.29, 1.82) is 0 Å². The summed E-state index contributed by atoms with van der Waals surface area (Å²) in [5.41, 5.74) is 5.12. The zero-order valence-electron chi connectivity index (χ0n) is 9.24. The van der Waals surface area contributed by atoms with Gasteiger partial charge in [-0.1, -0.05) is 23.8 Å². The Hall–Kier alpha value is -1.68. The molecule has 0 aliphatic heterocycles.